The van der Waals surface area contributed by atoms with Gasteiger partial charge in [-0.1, -0.05) is 35.5 Å². The second-order valence-electron chi connectivity index (χ2n) is 7.15. The minimum atomic E-state index is -0.372. The molecule has 0 spiro atoms. The molecule has 2 aromatic heterocycles. The van der Waals surface area contributed by atoms with Gasteiger partial charge in [0.05, 0.1) is 10.0 Å². The van der Waals surface area contributed by atoms with Crippen LogP contribution in [-0.2, 0) is 0 Å². The van der Waals surface area contributed by atoms with Crippen molar-refractivity contribution in [1.29, 1.82) is 0 Å². The molecule has 0 unspecified atom stereocenters. The Morgan fingerprint density at radius 3 is 2.58 bits per heavy atom. The van der Waals surface area contributed by atoms with Gasteiger partial charge in [-0.3, -0.25) is 9.36 Å². The molecule has 0 N–H and O–H groups in total. The van der Waals surface area contributed by atoms with Crippen LogP contribution in [0.15, 0.2) is 86.7 Å². The zero-order valence-corrected chi connectivity index (χ0v) is 17.9. The number of rotatable bonds is 3. The highest BCUT2D eigenvalue weighted by atomic mass is 79.9. The number of halogens is 2. The summed E-state index contributed by atoms with van der Waals surface area (Å²) >= 11 is 3.18. The van der Waals surface area contributed by atoms with E-state index in [0.717, 1.165) is 11.3 Å². The quantitative estimate of drug-likeness (QED) is 0.325. The number of nitrogens with zero attached hydrogens (tertiary/aromatic N) is 3. The van der Waals surface area contributed by atoms with E-state index in [-0.39, 0.29) is 17.3 Å². The number of benzene rings is 3. The third kappa shape index (κ3) is 3.47. The first-order chi connectivity index (χ1) is 15.0. The fourth-order valence-electron chi connectivity index (χ4n) is 3.52. The molecule has 0 amide bonds. The molecule has 0 aliphatic carbocycles. The summed E-state index contributed by atoms with van der Waals surface area (Å²) in [5, 5.41) is 5.32. The third-order valence-electron chi connectivity index (χ3n) is 5.04. The maximum Gasteiger partial charge on any atom is 0.262 e. The molecule has 0 aliphatic heterocycles. The lowest BCUT2D eigenvalue weighted by Crippen LogP contribution is -2.18. The van der Waals surface area contributed by atoms with Crippen LogP contribution in [0.4, 0.5) is 4.39 Å². The predicted molar refractivity (Wildman–Crippen MR) is 121 cm³/mol. The summed E-state index contributed by atoms with van der Waals surface area (Å²) in [6.45, 7) is 1.97. The third-order valence-corrected chi connectivity index (χ3v) is 5.65. The van der Waals surface area contributed by atoms with E-state index in [1.165, 1.54) is 6.07 Å². The van der Waals surface area contributed by atoms with Gasteiger partial charge in [0.15, 0.2) is 0 Å². The van der Waals surface area contributed by atoms with Gasteiger partial charge in [0.2, 0.25) is 5.82 Å². The number of pyridine rings is 1. The molecular weight excluding hydrogens is 461 g/mol. The molecule has 0 fully saturated rings. The molecule has 0 radical (unpaired) electrons. The van der Waals surface area contributed by atoms with E-state index in [4.69, 9.17) is 4.52 Å². The van der Waals surface area contributed by atoms with Crippen LogP contribution in [0.1, 0.15) is 5.56 Å². The Morgan fingerprint density at radius 2 is 1.81 bits per heavy atom. The van der Waals surface area contributed by atoms with Gasteiger partial charge in [0, 0.05) is 28.2 Å². The molecule has 31 heavy (non-hydrogen) atoms. The Kier molecular flexibility index (Phi) is 4.75. The van der Waals surface area contributed by atoms with Gasteiger partial charge >= 0.3 is 0 Å². The topological polar surface area (TPSA) is 60.9 Å². The molecule has 0 bridgehead atoms. The van der Waals surface area contributed by atoms with Gasteiger partial charge in [-0.25, -0.2) is 4.39 Å². The molecule has 0 saturated heterocycles. The van der Waals surface area contributed by atoms with Crippen molar-refractivity contribution < 1.29 is 8.91 Å². The van der Waals surface area contributed by atoms with Gasteiger partial charge in [0.1, 0.15) is 5.82 Å². The molecule has 3 aromatic carbocycles. The molecule has 5 rings (SSSR count). The van der Waals surface area contributed by atoms with Crippen LogP contribution < -0.4 is 5.56 Å². The highest BCUT2D eigenvalue weighted by molar-refractivity contribution is 9.10. The fraction of sp³-hybridized carbons (Fsp3) is 0.0417. The molecule has 5 nitrogen and oxygen atoms in total. The van der Waals surface area contributed by atoms with Gasteiger partial charge in [-0.2, -0.15) is 4.98 Å². The van der Waals surface area contributed by atoms with Crippen LogP contribution in [0.5, 0.6) is 0 Å². The molecule has 152 valence electrons. The fourth-order valence-corrected chi connectivity index (χ4v) is 3.90. The van der Waals surface area contributed by atoms with Crippen molar-refractivity contribution in [2.75, 3.05) is 0 Å². The molecule has 7 heteroatoms. The van der Waals surface area contributed by atoms with Gasteiger partial charge < -0.3 is 4.52 Å². The zero-order chi connectivity index (χ0) is 21.5. The van der Waals surface area contributed by atoms with Crippen molar-refractivity contribution in [2.24, 2.45) is 0 Å². The standard InChI is InChI=1S/C24H15BrFN3O2/c1-14-5-4-6-16(11-14)29-13-19(17-7-2-3-8-18(17)24(29)30)23-27-22(28-31-23)15-9-10-21(26)20(25)12-15/h2-13H,1H3. The van der Waals surface area contributed by atoms with Crippen LogP contribution in [0, 0.1) is 12.7 Å². The summed E-state index contributed by atoms with van der Waals surface area (Å²) in [4.78, 5) is 17.7. The van der Waals surface area contributed by atoms with Gasteiger partial charge in [-0.05, 0) is 64.8 Å². The van der Waals surface area contributed by atoms with Crippen molar-refractivity contribution in [3.8, 4) is 28.5 Å². The summed E-state index contributed by atoms with van der Waals surface area (Å²) in [5.74, 6) is 0.227. The minimum absolute atomic E-state index is 0.132. The summed E-state index contributed by atoms with van der Waals surface area (Å²) in [6, 6.07) is 19.5. The highest BCUT2D eigenvalue weighted by Crippen LogP contribution is 2.29. The van der Waals surface area contributed by atoms with Crippen molar-refractivity contribution in [3.05, 3.63) is 99.1 Å². The average Bonchev–Trinajstić information content (AvgIpc) is 3.26. The minimum Gasteiger partial charge on any atom is -0.334 e. The van der Waals surface area contributed by atoms with Gasteiger partial charge in [-0.15, -0.1) is 0 Å². The molecule has 0 saturated carbocycles. The lowest BCUT2D eigenvalue weighted by Gasteiger charge is -2.11. The summed E-state index contributed by atoms with van der Waals surface area (Å²) in [6.07, 6.45) is 1.72. The first kappa shape index (κ1) is 19.4. The number of aryl methyl sites for hydroxylation is 1. The molecule has 5 aromatic rings. The average molecular weight is 476 g/mol. The number of hydrogen-bond acceptors (Lipinski definition) is 4. The first-order valence-corrected chi connectivity index (χ1v) is 10.3. The second-order valence-corrected chi connectivity index (χ2v) is 8.01. The van der Waals surface area contributed by atoms with Crippen LogP contribution in [0.25, 0.3) is 39.3 Å². The second kappa shape index (κ2) is 7.59. The molecule has 2 heterocycles. The first-order valence-electron chi connectivity index (χ1n) is 9.52. The smallest absolute Gasteiger partial charge is 0.262 e. The van der Waals surface area contributed by atoms with Crippen molar-refractivity contribution in [2.45, 2.75) is 6.92 Å². The Morgan fingerprint density at radius 1 is 1.00 bits per heavy atom. The molecule has 0 atom stereocenters. The van der Waals surface area contributed by atoms with Gasteiger partial charge in [0.25, 0.3) is 11.4 Å². The maximum absolute atomic E-state index is 13.6. The van der Waals surface area contributed by atoms with E-state index >= 15 is 0 Å². The SMILES string of the molecule is Cc1cccc(-n2cc(-c3nc(-c4ccc(F)c(Br)c4)no3)c3ccccc3c2=O)c1. The van der Waals surface area contributed by atoms with Crippen molar-refractivity contribution in [1.82, 2.24) is 14.7 Å². The number of aromatic nitrogens is 3. The van der Waals surface area contributed by atoms with Crippen LogP contribution in [-0.4, -0.2) is 14.7 Å². The Labute approximate surface area is 184 Å². The summed E-state index contributed by atoms with van der Waals surface area (Å²) in [5.41, 5.74) is 2.91. The van der Waals surface area contributed by atoms with E-state index < -0.39 is 0 Å². The highest BCUT2D eigenvalue weighted by Gasteiger charge is 2.18. The molecule has 0 aliphatic rings. The van der Waals surface area contributed by atoms with Crippen LogP contribution in [0.3, 0.4) is 0 Å². The monoisotopic (exact) mass is 475 g/mol. The zero-order valence-electron chi connectivity index (χ0n) is 16.3. The Bertz CT molecular complexity index is 1510. The van der Waals surface area contributed by atoms with Crippen molar-refractivity contribution >= 4 is 26.7 Å². The van der Waals surface area contributed by atoms with E-state index in [9.17, 15) is 9.18 Å². The molecular formula is C24H15BrFN3O2. The van der Waals surface area contributed by atoms with E-state index in [1.807, 2.05) is 49.4 Å². The van der Waals surface area contributed by atoms with E-state index in [0.29, 0.717) is 32.2 Å². The number of fused-ring (bicyclic) bond motifs is 1. The summed E-state index contributed by atoms with van der Waals surface area (Å²) in [7, 11) is 0. The Balaban J connectivity index is 1.72. The van der Waals surface area contributed by atoms with Crippen LogP contribution >= 0.6 is 15.9 Å². The predicted octanol–water partition coefficient (Wildman–Crippen LogP) is 5.92. The normalized spacial score (nSPS) is 11.2. The Hall–Kier alpha value is -3.58. The lowest BCUT2D eigenvalue weighted by molar-refractivity contribution is 0.432. The lowest BCUT2D eigenvalue weighted by atomic mass is 10.1. The summed E-state index contributed by atoms with van der Waals surface area (Å²) < 4.78 is 21.0. The van der Waals surface area contributed by atoms with E-state index in [1.54, 1.807) is 29.0 Å². The van der Waals surface area contributed by atoms with E-state index in [2.05, 4.69) is 26.1 Å². The number of hydrogen-bond donors (Lipinski definition) is 0. The largest absolute Gasteiger partial charge is 0.334 e. The maximum atomic E-state index is 13.6. The van der Waals surface area contributed by atoms with Crippen LogP contribution in [0.2, 0.25) is 0 Å². The van der Waals surface area contributed by atoms with Crippen molar-refractivity contribution in [3.63, 3.8) is 0 Å².